The van der Waals surface area contributed by atoms with E-state index in [1.165, 1.54) is 0 Å². The molecule has 5 nitrogen and oxygen atoms in total. The van der Waals surface area contributed by atoms with Crippen LogP contribution in [0.4, 0.5) is 0 Å². The van der Waals surface area contributed by atoms with E-state index in [9.17, 15) is 9.90 Å². The number of H-pyrrole nitrogens is 2. The van der Waals surface area contributed by atoms with Gasteiger partial charge in [0.15, 0.2) is 5.75 Å². The maximum Gasteiger partial charge on any atom is 0.291 e. The molecule has 0 bridgehead atoms. The lowest BCUT2D eigenvalue weighted by atomic mass is 9.97. The van der Waals surface area contributed by atoms with Crippen LogP contribution in [0.3, 0.4) is 0 Å². The van der Waals surface area contributed by atoms with E-state index in [4.69, 9.17) is 0 Å². The van der Waals surface area contributed by atoms with Crippen molar-refractivity contribution in [3.8, 4) is 16.9 Å². The molecule has 4 aromatic rings. The van der Waals surface area contributed by atoms with E-state index in [2.05, 4.69) is 15.2 Å². The van der Waals surface area contributed by atoms with Crippen molar-refractivity contribution in [2.24, 2.45) is 0 Å². The lowest BCUT2D eigenvalue weighted by molar-refractivity contribution is 0.470. The minimum absolute atomic E-state index is 0.276. The van der Waals surface area contributed by atoms with Crippen LogP contribution in [-0.4, -0.2) is 20.3 Å². The smallest absolute Gasteiger partial charge is 0.291 e. The minimum Gasteiger partial charge on any atom is -0.503 e. The Balaban J connectivity index is 2.22. The van der Waals surface area contributed by atoms with E-state index in [1.54, 1.807) is 6.20 Å². The van der Waals surface area contributed by atoms with Crippen LogP contribution in [0.1, 0.15) is 0 Å². The Labute approximate surface area is 118 Å². The first-order valence-electron chi connectivity index (χ1n) is 6.52. The van der Waals surface area contributed by atoms with Gasteiger partial charge in [0.05, 0.1) is 11.7 Å². The van der Waals surface area contributed by atoms with E-state index >= 15 is 0 Å². The van der Waals surface area contributed by atoms with Crippen molar-refractivity contribution >= 4 is 21.8 Å². The fraction of sp³-hybridized carbons (Fsp3) is 0. The third-order valence-corrected chi connectivity index (χ3v) is 3.65. The fourth-order valence-electron chi connectivity index (χ4n) is 2.69. The molecular weight excluding hydrogens is 266 g/mol. The Morgan fingerprint density at radius 2 is 1.76 bits per heavy atom. The Kier molecular flexibility index (Phi) is 2.35. The van der Waals surface area contributed by atoms with E-state index in [-0.39, 0.29) is 5.75 Å². The number of fused-ring (bicyclic) bond motifs is 2. The number of hydrogen-bond acceptors (Lipinski definition) is 3. The third kappa shape index (κ3) is 1.64. The standard InChI is InChI=1S/C16H11N3O2/c20-15-14(9-5-3-7-13-11(9)8-17-19-13)10-4-1-2-6-12(10)18-16(15)21/h1-8,20H,(H,17,19)(H,18,21). The number of hydrogen-bond donors (Lipinski definition) is 3. The van der Waals surface area contributed by atoms with Gasteiger partial charge in [0.1, 0.15) is 0 Å². The number of benzene rings is 2. The zero-order chi connectivity index (χ0) is 14.4. The van der Waals surface area contributed by atoms with Crippen molar-refractivity contribution in [3.05, 3.63) is 59.0 Å². The fourth-order valence-corrected chi connectivity index (χ4v) is 2.69. The first-order chi connectivity index (χ1) is 10.3. The van der Waals surface area contributed by atoms with Gasteiger partial charge in [0, 0.05) is 21.9 Å². The Morgan fingerprint density at radius 3 is 2.67 bits per heavy atom. The first-order valence-corrected chi connectivity index (χ1v) is 6.52. The number of aromatic nitrogens is 3. The lowest BCUT2D eigenvalue weighted by Gasteiger charge is -2.09. The summed E-state index contributed by atoms with van der Waals surface area (Å²) in [6, 6.07) is 13.0. The Bertz CT molecular complexity index is 1030. The van der Waals surface area contributed by atoms with Crippen LogP contribution in [0.2, 0.25) is 0 Å². The highest BCUT2D eigenvalue weighted by atomic mass is 16.3. The topological polar surface area (TPSA) is 81.8 Å². The molecule has 2 aromatic carbocycles. The van der Waals surface area contributed by atoms with Crippen molar-refractivity contribution in [2.75, 3.05) is 0 Å². The van der Waals surface area contributed by atoms with Crippen LogP contribution in [0.5, 0.6) is 5.75 Å². The highest BCUT2D eigenvalue weighted by Crippen LogP contribution is 2.36. The lowest BCUT2D eigenvalue weighted by Crippen LogP contribution is -2.06. The average Bonchev–Trinajstić information content (AvgIpc) is 2.97. The van der Waals surface area contributed by atoms with Crippen LogP contribution in [0, 0.1) is 0 Å². The predicted molar refractivity (Wildman–Crippen MR) is 81.3 cm³/mol. The van der Waals surface area contributed by atoms with Crippen molar-refractivity contribution in [3.63, 3.8) is 0 Å². The second kappa shape index (κ2) is 4.21. The Morgan fingerprint density at radius 1 is 0.952 bits per heavy atom. The summed E-state index contributed by atoms with van der Waals surface area (Å²) in [5.41, 5.74) is 2.36. The molecule has 2 heterocycles. The number of pyridine rings is 1. The number of rotatable bonds is 1. The highest BCUT2D eigenvalue weighted by Gasteiger charge is 2.16. The van der Waals surface area contributed by atoms with Gasteiger partial charge in [-0.2, -0.15) is 5.10 Å². The molecule has 0 saturated carbocycles. The first kappa shape index (κ1) is 11.7. The molecule has 4 rings (SSSR count). The van der Waals surface area contributed by atoms with Crippen LogP contribution < -0.4 is 5.56 Å². The molecule has 0 saturated heterocycles. The molecular formula is C16H11N3O2. The van der Waals surface area contributed by atoms with Crippen LogP contribution in [0.15, 0.2) is 53.5 Å². The quantitative estimate of drug-likeness (QED) is 0.500. The van der Waals surface area contributed by atoms with Gasteiger partial charge in [-0.05, 0) is 17.7 Å². The molecule has 0 aliphatic heterocycles. The summed E-state index contributed by atoms with van der Waals surface area (Å²) in [4.78, 5) is 14.7. The molecule has 0 spiro atoms. The van der Waals surface area contributed by atoms with E-state index in [0.717, 1.165) is 21.9 Å². The van der Waals surface area contributed by atoms with E-state index in [0.29, 0.717) is 11.1 Å². The van der Waals surface area contributed by atoms with Crippen LogP contribution >= 0.6 is 0 Å². The van der Waals surface area contributed by atoms with E-state index < -0.39 is 5.56 Å². The average molecular weight is 277 g/mol. The largest absolute Gasteiger partial charge is 0.503 e. The van der Waals surface area contributed by atoms with Crippen molar-refractivity contribution < 1.29 is 5.11 Å². The SMILES string of the molecule is O=c1[nH]c2ccccc2c(-c2cccc3[nH]ncc23)c1O. The second-order valence-corrected chi connectivity index (χ2v) is 4.86. The molecule has 0 fully saturated rings. The predicted octanol–water partition coefficient (Wildman–Crippen LogP) is 2.78. The molecule has 21 heavy (non-hydrogen) atoms. The van der Waals surface area contributed by atoms with Gasteiger partial charge in [-0.3, -0.25) is 9.89 Å². The molecule has 0 aliphatic rings. The van der Waals surface area contributed by atoms with Crippen molar-refractivity contribution in [1.82, 2.24) is 15.2 Å². The summed E-state index contributed by atoms with van der Waals surface area (Å²) in [5, 5.41) is 18.9. The number of para-hydroxylation sites is 1. The van der Waals surface area contributed by atoms with E-state index in [1.807, 2.05) is 42.5 Å². The second-order valence-electron chi connectivity index (χ2n) is 4.86. The summed E-state index contributed by atoms with van der Waals surface area (Å²) in [5.74, 6) is -0.276. The van der Waals surface area contributed by atoms with Gasteiger partial charge >= 0.3 is 0 Å². The number of nitrogens with zero attached hydrogens (tertiary/aromatic N) is 1. The number of nitrogens with one attached hydrogen (secondary N) is 2. The summed E-state index contributed by atoms with van der Waals surface area (Å²) < 4.78 is 0. The zero-order valence-corrected chi connectivity index (χ0v) is 10.9. The van der Waals surface area contributed by atoms with Crippen molar-refractivity contribution in [1.29, 1.82) is 0 Å². The summed E-state index contributed by atoms with van der Waals surface area (Å²) >= 11 is 0. The summed E-state index contributed by atoms with van der Waals surface area (Å²) in [6.07, 6.45) is 1.69. The molecule has 0 unspecified atom stereocenters. The van der Waals surface area contributed by atoms with Gasteiger partial charge in [0.25, 0.3) is 5.56 Å². The van der Waals surface area contributed by atoms with Crippen LogP contribution in [0.25, 0.3) is 32.9 Å². The molecule has 5 heteroatoms. The maximum atomic E-state index is 12.0. The highest BCUT2D eigenvalue weighted by molar-refractivity contribution is 6.05. The summed E-state index contributed by atoms with van der Waals surface area (Å²) in [6.45, 7) is 0. The van der Waals surface area contributed by atoms with Gasteiger partial charge in [-0.1, -0.05) is 30.3 Å². The molecule has 0 atom stereocenters. The normalized spacial score (nSPS) is 11.2. The molecule has 2 aromatic heterocycles. The number of aromatic hydroxyl groups is 1. The third-order valence-electron chi connectivity index (χ3n) is 3.65. The minimum atomic E-state index is -0.496. The molecule has 0 aliphatic carbocycles. The zero-order valence-electron chi connectivity index (χ0n) is 10.9. The molecule has 3 N–H and O–H groups in total. The molecule has 0 amide bonds. The van der Waals surface area contributed by atoms with Gasteiger partial charge in [0.2, 0.25) is 0 Å². The van der Waals surface area contributed by atoms with Gasteiger partial charge in [-0.15, -0.1) is 0 Å². The van der Waals surface area contributed by atoms with Gasteiger partial charge in [-0.25, -0.2) is 0 Å². The number of aromatic amines is 2. The van der Waals surface area contributed by atoms with Crippen LogP contribution in [-0.2, 0) is 0 Å². The maximum absolute atomic E-state index is 12.0. The van der Waals surface area contributed by atoms with Gasteiger partial charge < -0.3 is 10.1 Å². The summed E-state index contributed by atoms with van der Waals surface area (Å²) in [7, 11) is 0. The van der Waals surface area contributed by atoms with Crippen molar-refractivity contribution in [2.45, 2.75) is 0 Å². The molecule has 0 radical (unpaired) electrons. The Hall–Kier alpha value is -3.08. The monoisotopic (exact) mass is 277 g/mol. The molecule has 102 valence electrons.